The Morgan fingerprint density at radius 1 is 0.950 bits per heavy atom. The van der Waals surface area contributed by atoms with Gasteiger partial charge in [-0.2, -0.15) is 0 Å². The third kappa shape index (κ3) is 7.73. The van der Waals surface area contributed by atoms with Gasteiger partial charge in [-0.15, -0.1) is 0 Å². The number of carbonyl (C=O) groups is 2. The van der Waals surface area contributed by atoms with Gasteiger partial charge in [-0.3, -0.25) is 9.59 Å². The van der Waals surface area contributed by atoms with E-state index in [9.17, 15) is 14.7 Å². The van der Waals surface area contributed by atoms with Crippen molar-refractivity contribution in [1.82, 2.24) is 4.57 Å². The van der Waals surface area contributed by atoms with Gasteiger partial charge in [0.05, 0.1) is 6.42 Å². The molecule has 0 atom stereocenters. The molecule has 0 saturated carbocycles. The molecule has 1 heterocycles. The van der Waals surface area contributed by atoms with Gasteiger partial charge in [0.25, 0.3) is 0 Å². The van der Waals surface area contributed by atoms with Crippen LogP contribution in [0, 0.1) is 6.92 Å². The number of carboxylic acids is 1. The van der Waals surface area contributed by atoms with Gasteiger partial charge < -0.3 is 14.8 Å². The van der Waals surface area contributed by atoms with Crippen LogP contribution in [0.3, 0.4) is 0 Å². The lowest BCUT2D eigenvalue weighted by molar-refractivity contribution is -0.136. The number of aromatic nitrogens is 1. The summed E-state index contributed by atoms with van der Waals surface area (Å²) in [6.07, 6.45) is 3.35. The minimum absolute atomic E-state index is 0. The molecule has 210 valence electrons. The fraction of sp³-hybridized carbons (Fsp3) is 0.235. The number of aryl methyl sites for hydroxylation is 3. The average molecular weight is 560 g/mol. The molecular weight excluding hydrogens is 522 g/mol. The molecule has 1 aromatic heterocycles. The predicted molar refractivity (Wildman–Crippen MR) is 166 cm³/mol. The maximum atomic E-state index is 12.1. The Morgan fingerprint density at radius 3 is 2.08 bits per heavy atom. The Hall–Kier alpha value is -4.09. The van der Waals surface area contributed by atoms with Crippen molar-refractivity contribution in [3.63, 3.8) is 0 Å². The minimum atomic E-state index is -0.775. The number of halogens is 1. The summed E-state index contributed by atoms with van der Waals surface area (Å²) in [5.74, 6) is -0.500. The van der Waals surface area contributed by atoms with Crippen LogP contribution in [-0.2, 0) is 29.5 Å². The number of aliphatic carboxylic acids is 1. The number of nitrogens with zero attached hydrogens (tertiary/aromatic N) is 1. The maximum Gasteiger partial charge on any atom is 0.307 e. The largest absolute Gasteiger partial charge is 0.507 e. The van der Waals surface area contributed by atoms with Crippen LogP contribution in [-0.4, -0.2) is 26.5 Å². The zero-order valence-electron chi connectivity index (χ0n) is 22.8. The zero-order chi connectivity index (χ0) is 28.7. The number of allylic oxidation sites excluding steroid dienone is 1. The maximum absolute atomic E-state index is 12.1. The number of rotatable bonds is 8. The molecule has 0 aliphatic carbocycles. The van der Waals surface area contributed by atoms with Gasteiger partial charge in [-0.05, 0) is 65.4 Å². The first-order chi connectivity index (χ1) is 18.5. The van der Waals surface area contributed by atoms with E-state index in [-0.39, 0.29) is 25.4 Å². The summed E-state index contributed by atoms with van der Waals surface area (Å²) in [6, 6.07) is 20.8. The smallest absolute Gasteiger partial charge is 0.307 e. The molecule has 4 rings (SSSR count). The van der Waals surface area contributed by atoms with Gasteiger partial charge in [-0.25, -0.2) is 0 Å². The van der Waals surface area contributed by atoms with Crippen LogP contribution in [0.5, 0.6) is 5.75 Å². The summed E-state index contributed by atoms with van der Waals surface area (Å²) in [5, 5.41) is 19.2. The number of phenolic OH excluding ortho intramolecular Hbond substituents is 1. The van der Waals surface area contributed by atoms with Gasteiger partial charge in [0.1, 0.15) is 5.75 Å². The molecule has 0 aliphatic rings. The van der Waals surface area contributed by atoms with Crippen molar-refractivity contribution in [3.8, 4) is 28.0 Å². The molecule has 6 heteroatoms. The van der Waals surface area contributed by atoms with Gasteiger partial charge >= 0.3 is 5.97 Å². The molecule has 0 fully saturated rings. The van der Waals surface area contributed by atoms with Crippen molar-refractivity contribution in [2.45, 2.75) is 47.5 Å². The fourth-order valence-corrected chi connectivity index (χ4v) is 4.76. The monoisotopic (exact) mass is 559 g/mol. The number of hydrogen-bond acceptors (Lipinski definition) is 3. The van der Waals surface area contributed by atoms with Gasteiger partial charge in [0.2, 0.25) is 0 Å². The fourth-order valence-electron chi connectivity index (χ4n) is 4.44. The number of carbonyl (C=O) groups excluding carboxylic acids is 1. The van der Waals surface area contributed by atoms with E-state index in [2.05, 4.69) is 13.5 Å². The number of aromatic hydroxyl groups is 1. The standard InChI is InChI=1S/C24H21ClO2.C9H13NO2.CH4/c1-4-23(26)16(3)20-14-21(22(25)13-15(20)2)18-11-9-17(10-12-18)19-7-5-6-8-24(19)27;1-3-8-4-7(5-9(11)12)6-10(8)2;/h5-14,27H,3-4H2,1-2H3;4,6H,3,5H2,1-2H3,(H,11,12);1H4. The third-order valence-corrected chi connectivity index (χ3v) is 6.90. The molecule has 2 N–H and O–H groups in total. The van der Waals surface area contributed by atoms with E-state index < -0.39 is 5.97 Å². The van der Waals surface area contributed by atoms with Crippen molar-refractivity contribution in [2.75, 3.05) is 0 Å². The number of para-hydroxylation sites is 1. The molecule has 4 aromatic rings. The van der Waals surface area contributed by atoms with Crippen molar-refractivity contribution >= 4 is 28.9 Å². The van der Waals surface area contributed by atoms with Crippen LogP contribution in [0.25, 0.3) is 27.8 Å². The molecular formula is C34H38ClNO4. The molecule has 0 spiro atoms. The second kappa shape index (κ2) is 14.3. The quantitative estimate of drug-likeness (QED) is 0.212. The minimum Gasteiger partial charge on any atom is -0.507 e. The first-order valence-corrected chi connectivity index (χ1v) is 13.2. The molecule has 0 saturated heterocycles. The van der Waals surface area contributed by atoms with Crippen LogP contribution in [0.4, 0.5) is 0 Å². The van der Waals surface area contributed by atoms with Crippen molar-refractivity contribution in [1.29, 1.82) is 0 Å². The lowest BCUT2D eigenvalue weighted by Crippen LogP contribution is -2.01. The molecule has 0 bridgehead atoms. The van der Waals surface area contributed by atoms with E-state index in [4.69, 9.17) is 16.7 Å². The molecule has 3 aromatic carbocycles. The first kappa shape index (κ1) is 32.1. The van der Waals surface area contributed by atoms with E-state index in [1.165, 1.54) is 5.69 Å². The Kier molecular flexibility index (Phi) is 11.5. The van der Waals surface area contributed by atoms with Crippen molar-refractivity contribution < 1.29 is 19.8 Å². The number of benzene rings is 3. The van der Waals surface area contributed by atoms with E-state index >= 15 is 0 Å². The Bertz CT molecular complexity index is 1500. The van der Waals surface area contributed by atoms with Crippen LogP contribution in [0.1, 0.15) is 50.1 Å². The normalized spacial score (nSPS) is 10.2. The summed E-state index contributed by atoms with van der Waals surface area (Å²) in [4.78, 5) is 22.4. The highest BCUT2D eigenvalue weighted by Crippen LogP contribution is 2.35. The van der Waals surface area contributed by atoms with E-state index in [0.29, 0.717) is 17.0 Å². The molecule has 0 aliphatic heterocycles. The van der Waals surface area contributed by atoms with Crippen molar-refractivity contribution in [3.05, 3.63) is 107 Å². The Labute approximate surface area is 242 Å². The lowest BCUT2D eigenvalue weighted by Gasteiger charge is -2.13. The molecule has 0 radical (unpaired) electrons. The average Bonchev–Trinajstić information content (AvgIpc) is 3.27. The second-order valence-corrected chi connectivity index (χ2v) is 9.78. The topological polar surface area (TPSA) is 79.5 Å². The summed E-state index contributed by atoms with van der Waals surface area (Å²) < 4.78 is 1.97. The second-order valence-electron chi connectivity index (χ2n) is 9.37. The highest BCUT2D eigenvalue weighted by molar-refractivity contribution is 6.33. The zero-order valence-corrected chi connectivity index (χ0v) is 23.5. The van der Waals surface area contributed by atoms with Gasteiger partial charge in [-0.1, -0.05) is 81.9 Å². The molecule has 40 heavy (non-hydrogen) atoms. The number of ketones is 1. The number of hydrogen-bond donors (Lipinski definition) is 2. The predicted octanol–water partition coefficient (Wildman–Crippen LogP) is 8.53. The summed E-state index contributed by atoms with van der Waals surface area (Å²) >= 11 is 6.48. The third-order valence-electron chi connectivity index (χ3n) is 6.59. The number of phenols is 1. The first-order valence-electron chi connectivity index (χ1n) is 12.8. The van der Waals surface area contributed by atoms with Crippen LogP contribution < -0.4 is 0 Å². The Balaban J connectivity index is 0.000000363. The van der Waals surface area contributed by atoms with Gasteiger partial charge in [0, 0.05) is 47.1 Å². The van der Waals surface area contributed by atoms with E-state index in [0.717, 1.165) is 45.4 Å². The summed E-state index contributed by atoms with van der Waals surface area (Å²) in [5.41, 5.74) is 7.81. The van der Waals surface area contributed by atoms with Crippen LogP contribution >= 0.6 is 11.6 Å². The van der Waals surface area contributed by atoms with Crippen LogP contribution in [0.15, 0.2) is 79.5 Å². The lowest BCUT2D eigenvalue weighted by atomic mass is 9.92. The molecule has 5 nitrogen and oxygen atoms in total. The molecule has 0 unspecified atom stereocenters. The Morgan fingerprint density at radius 2 is 1.55 bits per heavy atom. The highest BCUT2D eigenvalue weighted by Gasteiger charge is 2.14. The molecule has 0 amide bonds. The SMILES string of the molecule is C.C=C(C(=O)CC)c1cc(-c2ccc(-c3ccccc3O)cc2)c(Cl)cc1C.CCc1cc(CC(=O)O)cn1C. The summed E-state index contributed by atoms with van der Waals surface area (Å²) in [6.45, 7) is 9.78. The van der Waals surface area contributed by atoms with Gasteiger partial charge in [0.15, 0.2) is 5.78 Å². The van der Waals surface area contributed by atoms with E-state index in [1.54, 1.807) is 12.1 Å². The van der Waals surface area contributed by atoms with E-state index in [1.807, 2.05) is 86.3 Å². The number of carboxylic acid groups (broad SMARTS) is 1. The van der Waals surface area contributed by atoms with Crippen molar-refractivity contribution in [2.24, 2.45) is 7.05 Å². The highest BCUT2D eigenvalue weighted by atomic mass is 35.5. The number of Topliss-reactive ketones (excluding diaryl/α,β-unsaturated/α-hetero) is 1. The van der Waals surface area contributed by atoms with Crippen LogP contribution in [0.2, 0.25) is 5.02 Å². The summed E-state index contributed by atoms with van der Waals surface area (Å²) in [7, 11) is 1.93.